The number of fused-ring (bicyclic) bond motifs is 1. The van der Waals surface area contributed by atoms with Crippen molar-refractivity contribution in [3.05, 3.63) is 87.9 Å². The number of para-hydroxylation sites is 1. The molecule has 1 aliphatic carbocycles. The van der Waals surface area contributed by atoms with Crippen LogP contribution in [0.5, 0.6) is 5.75 Å². The second kappa shape index (κ2) is 17.9. The maximum atomic E-state index is 13.9. The van der Waals surface area contributed by atoms with Crippen LogP contribution in [0, 0.1) is 0 Å². The summed E-state index contributed by atoms with van der Waals surface area (Å²) in [5.74, 6) is 0.842. The number of carbonyl (C=O) groups excluding carboxylic acids is 1. The zero-order valence-corrected chi connectivity index (χ0v) is 32.3. The van der Waals surface area contributed by atoms with Crippen LogP contribution in [0.1, 0.15) is 111 Å². The average Bonchev–Trinajstić information content (AvgIpc) is 3.41. The Morgan fingerprint density at radius 2 is 1.80 bits per heavy atom. The Bertz CT molecular complexity index is 1720. The molecule has 1 aliphatic heterocycles. The summed E-state index contributed by atoms with van der Waals surface area (Å²) in [5, 5.41) is 8.20. The second-order valence-corrected chi connectivity index (χ2v) is 14.4. The second-order valence-electron chi connectivity index (χ2n) is 14.4. The van der Waals surface area contributed by atoms with Crippen molar-refractivity contribution in [3.63, 3.8) is 0 Å². The number of allylic oxidation sites excluding steroid dienone is 3. The number of ether oxygens (including phenoxy) is 1. The number of rotatable bonds is 15. The van der Waals surface area contributed by atoms with Gasteiger partial charge in [0.25, 0.3) is 5.91 Å². The van der Waals surface area contributed by atoms with Gasteiger partial charge in [0, 0.05) is 60.6 Å². The van der Waals surface area contributed by atoms with Gasteiger partial charge >= 0.3 is 0 Å². The van der Waals surface area contributed by atoms with Crippen molar-refractivity contribution in [2.24, 2.45) is 4.99 Å². The van der Waals surface area contributed by atoms with Crippen molar-refractivity contribution in [1.82, 2.24) is 14.7 Å². The molecule has 1 N–H and O–H groups in total. The monoisotopic (exact) mass is 692 g/mol. The minimum atomic E-state index is -0.120. The summed E-state index contributed by atoms with van der Waals surface area (Å²) in [6, 6.07) is 13.6. The lowest BCUT2D eigenvalue weighted by molar-refractivity contribution is 0.102. The number of benzene rings is 2. The third kappa shape index (κ3) is 9.01. The summed E-state index contributed by atoms with van der Waals surface area (Å²) < 4.78 is 7.89. The van der Waals surface area contributed by atoms with Gasteiger partial charge in [-0.25, -0.2) is 0 Å². The van der Waals surface area contributed by atoms with Crippen molar-refractivity contribution >= 4 is 29.1 Å². The van der Waals surface area contributed by atoms with Crippen LogP contribution < -0.4 is 15.0 Å². The van der Waals surface area contributed by atoms with Crippen molar-refractivity contribution in [2.75, 3.05) is 44.5 Å². The molecule has 8 nitrogen and oxygen atoms in total. The Morgan fingerprint density at radius 1 is 1.08 bits per heavy atom. The molecule has 51 heavy (non-hydrogen) atoms. The van der Waals surface area contributed by atoms with Crippen LogP contribution in [-0.4, -0.2) is 67.1 Å². The van der Waals surface area contributed by atoms with Gasteiger partial charge < -0.3 is 19.9 Å². The average molecular weight is 693 g/mol. The standard InChI is InChI=1S/C43H60N6O2/c1-9-25-49-42-31(5)35(19-14-20-38(42)41(46-49)43(50)45-40-32(10-2)16-13-17-33(40)11-3)29-44-30(4)15-12-18-34-21-22-37(28-39(34)51-8)48-26-23-36(24-27-48)47(6)7/h13,16-17,21-22,28-29,36H,4,9-12,14-15,18-20,23-27H2,1-3,5-8H3,(H,45,50). The fraction of sp³-hybridized carbons (Fsp3) is 0.512. The maximum absolute atomic E-state index is 13.9. The first-order valence-electron chi connectivity index (χ1n) is 19.2. The molecule has 2 aromatic carbocycles. The highest BCUT2D eigenvalue weighted by molar-refractivity contribution is 6.06. The van der Waals surface area contributed by atoms with Crippen LogP contribution in [0.25, 0.3) is 5.57 Å². The van der Waals surface area contributed by atoms with Crippen molar-refractivity contribution in [3.8, 4) is 5.75 Å². The molecule has 1 saturated heterocycles. The van der Waals surface area contributed by atoms with Crippen molar-refractivity contribution < 1.29 is 9.53 Å². The van der Waals surface area contributed by atoms with E-state index in [1.54, 1.807) is 7.11 Å². The predicted molar refractivity (Wildman–Crippen MR) is 214 cm³/mol. The SMILES string of the molecule is C=C(CCCc1ccc(N2CCC(N(C)C)CC2)cc1OC)N=CC1=C(C)c2c(c(C(=O)Nc3c(CC)cccc3CC)nn2CCC)CCC1. The fourth-order valence-corrected chi connectivity index (χ4v) is 7.74. The van der Waals surface area contributed by atoms with E-state index in [0.29, 0.717) is 11.7 Å². The smallest absolute Gasteiger partial charge is 0.276 e. The first kappa shape index (κ1) is 38.1. The minimum absolute atomic E-state index is 0.120. The van der Waals surface area contributed by atoms with Gasteiger partial charge in [-0.05, 0) is 126 Å². The maximum Gasteiger partial charge on any atom is 0.276 e. The van der Waals surface area contributed by atoms with Crippen LogP contribution >= 0.6 is 0 Å². The van der Waals surface area contributed by atoms with Crippen LogP contribution in [0.4, 0.5) is 11.4 Å². The van der Waals surface area contributed by atoms with E-state index in [2.05, 4.69) is 99.9 Å². The number of nitrogens with zero attached hydrogens (tertiary/aromatic N) is 5. The summed E-state index contributed by atoms with van der Waals surface area (Å²) in [7, 11) is 6.13. The van der Waals surface area contributed by atoms with Crippen LogP contribution in [0.2, 0.25) is 0 Å². The van der Waals surface area contributed by atoms with E-state index in [1.165, 1.54) is 29.7 Å². The van der Waals surface area contributed by atoms with E-state index in [9.17, 15) is 4.79 Å². The zero-order valence-electron chi connectivity index (χ0n) is 32.3. The fourth-order valence-electron chi connectivity index (χ4n) is 7.74. The Balaban J connectivity index is 1.25. The Labute approximate surface area is 306 Å². The molecule has 0 unspecified atom stereocenters. The van der Waals surface area contributed by atoms with E-state index in [0.717, 1.165) is 123 Å². The van der Waals surface area contributed by atoms with Crippen LogP contribution in [-0.2, 0) is 32.2 Å². The van der Waals surface area contributed by atoms with Gasteiger partial charge in [-0.15, -0.1) is 0 Å². The first-order valence-corrected chi connectivity index (χ1v) is 19.2. The summed E-state index contributed by atoms with van der Waals surface area (Å²) in [6.45, 7) is 15.8. The van der Waals surface area contributed by atoms with E-state index in [4.69, 9.17) is 14.8 Å². The highest BCUT2D eigenvalue weighted by Crippen LogP contribution is 2.34. The molecular formula is C43H60N6O2. The Hall–Kier alpha value is -4.17. The number of methoxy groups -OCH3 is 1. The normalized spacial score (nSPS) is 15.4. The molecule has 5 rings (SSSR count). The van der Waals surface area contributed by atoms with E-state index in [1.807, 2.05) is 10.9 Å². The van der Waals surface area contributed by atoms with Gasteiger partial charge in [-0.2, -0.15) is 5.10 Å². The molecule has 3 aromatic rings. The first-order chi connectivity index (χ1) is 24.7. The molecule has 8 heteroatoms. The lowest BCUT2D eigenvalue weighted by Gasteiger charge is -2.36. The highest BCUT2D eigenvalue weighted by atomic mass is 16.5. The molecule has 1 amide bonds. The van der Waals surface area contributed by atoms with Crippen LogP contribution in [0.15, 0.2) is 59.2 Å². The molecule has 0 spiro atoms. The van der Waals surface area contributed by atoms with Gasteiger partial charge in [0.1, 0.15) is 5.75 Å². The number of anilines is 2. The van der Waals surface area contributed by atoms with Gasteiger partial charge in [0.2, 0.25) is 0 Å². The molecule has 274 valence electrons. The number of amides is 1. The van der Waals surface area contributed by atoms with Crippen molar-refractivity contribution in [2.45, 2.75) is 111 Å². The number of carbonyl (C=O) groups is 1. The minimum Gasteiger partial charge on any atom is -0.496 e. The lowest BCUT2D eigenvalue weighted by Crippen LogP contribution is -2.41. The number of aryl methyl sites for hydroxylation is 4. The number of hydrogen-bond acceptors (Lipinski definition) is 6. The highest BCUT2D eigenvalue weighted by Gasteiger charge is 2.27. The number of nitrogens with one attached hydrogen (secondary N) is 1. The molecule has 0 radical (unpaired) electrons. The van der Waals surface area contributed by atoms with E-state index >= 15 is 0 Å². The molecule has 2 aliphatic rings. The predicted octanol–water partition coefficient (Wildman–Crippen LogP) is 8.93. The van der Waals surface area contributed by atoms with E-state index in [-0.39, 0.29) is 5.91 Å². The molecule has 1 fully saturated rings. The van der Waals surface area contributed by atoms with Crippen molar-refractivity contribution in [1.29, 1.82) is 0 Å². The Kier molecular flexibility index (Phi) is 13.3. The van der Waals surface area contributed by atoms with Crippen LogP contribution in [0.3, 0.4) is 0 Å². The molecule has 0 atom stereocenters. The van der Waals surface area contributed by atoms with Gasteiger partial charge in [-0.3, -0.25) is 14.5 Å². The van der Waals surface area contributed by atoms with Gasteiger partial charge in [0.05, 0.1) is 12.8 Å². The lowest BCUT2D eigenvalue weighted by atomic mass is 10.0. The molecule has 0 saturated carbocycles. The third-order valence-corrected chi connectivity index (χ3v) is 10.8. The summed E-state index contributed by atoms with van der Waals surface area (Å²) in [6.07, 6.45) is 12.4. The number of piperidine rings is 1. The van der Waals surface area contributed by atoms with E-state index < -0.39 is 0 Å². The molecule has 0 bridgehead atoms. The zero-order chi connectivity index (χ0) is 36.5. The molecular weight excluding hydrogens is 633 g/mol. The summed E-state index contributed by atoms with van der Waals surface area (Å²) in [4.78, 5) is 23.6. The number of aromatic nitrogens is 2. The third-order valence-electron chi connectivity index (χ3n) is 10.8. The topological polar surface area (TPSA) is 75.0 Å². The Morgan fingerprint density at radius 3 is 2.45 bits per heavy atom. The number of hydrogen-bond donors (Lipinski definition) is 1. The quantitative estimate of drug-likeness (QED) is 0.161. The van der Waals surface area contributed by atoms with Gasteiger partial charge in [-0.1, -0.05) is 51.6 Å². The molecule has 1 aromatic heterocycles. The molecule has 2 heterocycles. The summed E-state index contributed by atoms with van der Waals surface area (Å²) >= 11 is 0. The largest absolute Gasteiger partial charge is 0.496 e. The number of aliphatic imine (C=N–C) groups is 1. The summed E-state index contributed by atoms with van der Waals surface area (Å²) in [5.41, 5.74) is 11.6. The van der Waals surface area contributed by atoms with Gasteiger partial charge in [0.15, 0.2) is 5.69 Å².